The summed E-state index contributed by atoms with van der Waals surface area (Å²) in [5.41, 5.74) is 0.799. The standard InChI is InChI=1S/2C7H6ClNO2.2Na/c2*8-9-6-4-2-1-3-5(6)7(10)11;;/h2*1-4,9H,(H,10,11);;/q;;2*+1/p-2. The van der Waals surface area contributed by atoms with Crippen molar-refractivity contribution in [3.63, 3.8) is 0 Å². The fraction of sp³-hybridized carbons (Fsp3) is 0. The number of hydrogen-bond acceptors (Lipinski definition) is 6. The third-order valence-corrected chi connectivity index (χ3v) is 2.90. The van der Waals surface area contributed by atoms with Gasteiger partial charge in [-0.1, -0.05) is 36.4 Å². The molecule has 0 bridgehead atoms. The predicted molar refractivity (Wildman–Crippen MR) is 80.5 cm³/mol. The van der Waals surface area contributed by atoms with Crippen molar-refractivity contribution in [2.24, 2.45) is 0 Å². The van der Waals surface area contributed by atoms with Crippen LogP contribution in [0.2, 0.25) is 0 Å². The molecule has 2 N–H and O–H groups in total. The third kappa shape index (κ3) is 8.09. The first-order valence-corrected chi connectivity index (χ1v) is 6.61. The van der Waals surface area contributed by atoms with Crippen LogP contribution in [0.15, 0.2) is 48.5 Å². The zero-order valence-corrected chi connectivity index (χ0v) is 18.5. The van der Waals surface area contributed by atoms with Gasteiger partial charge in [-0.3, -0.25) is 9.67 Å². The summed E-state index contributed by atoms with van der Waals surface area (Å²) in [6.45, 7) is 0. The van der Waals surface area contributed by atoms with Gasteiger partial charge in [-0.25, -0.2) is 0 Å². The van der Waals surface area contributed by atoms with E-state index in [1.54, 1.807) is 36.4 Å². The second-order valence-corrected chi connectivity index (χ2v) is 4.23. The summed E-state index contributed by atoms with van der Waals surface area (Å²) in [7, 11) is 0. The molecule has 0 radical (unpaired) electrons. The fourth-order valence-corrected chi connectivity index (χ4v) is 1.82. The molecule has 0 aliphatic carbocycles. The topological polar surface area (TPSA) is 104 Å². The van der Waals surface area contributed by atoms with E-state index in [1.807, 2.05) is 0 Å². The molecule has 2 aromatic rings. The molecule has 116 valence electrons. The van der Waals surface area contributed by atoms with Crippen molar-refractivity contribution in [3.05, 3.63) is 59.7 Å². The van der Waals surface area contributed by atoms with Gasteiger partial charge in [-0.15, -0.1) is 0 Å². The van der Waals surface area contributed by atoms with Gasteiger partial charge in [0, 0.05) is 34.7 Å². The van der Waals surface area contributed by atoms with Crippen LogP contribution in [-0.2, 0) is 0 Å². The Balaban J connectivity index is 0. The van der Waals surface area contributed by atoms with Crippen LogP contribution in [0.5, 0.6) is 0 Å². The molecular weight excluding hydrogens is 377 g/mol. The van der Waals surface area contributed by atoms with Gasteiger partial charge >= 0.3 is 59.1 Å². The van der Waals surface area contributed by atoms with Gasteiger partial charge in [0.15, 0.2) is 0 Å². The Labute approximate surface area is 193 Å². The molecule has 24 heavy (non-hydrogen) atoms. The molecule has 2 aromatic carbocycles. The molecule has 0 saturated heterocycles. The molecule has 0 aromatic heterocycles. The molecule has 0 saturated carbocycles. The zero-order valence-electron chi connectivity index (χ0n) is 13.0. The van der Waals surface area contributed by atoms with Gasteiger partial charge in [0.1, 0.15) is 0 Å². The van der Waals surface area contributed by atoms with E-state index in [-0.39, 0.29) is 70.2 Å². The summed E-state index contributed by atoms with van der Waals surface area (Å²) in [6.07, 6.45) is 0. The van der Waals surface area contributed by atoms with E-state index in [2.05, 4.69) is 9.67 Å². The maximum absolute atomic E-state index is 10.4. The van der Waals surface area contributed by atoms with Crippen LogP contribution in [0.3, 0.4) is 0 Å². The van der Waals surface area contributed by atoms with E-state index in [4.69, 9.17) is 23.6 Å². The number of anilines is 2. The number of carbonyl (C=O) groups excluding carboxylic acids is 2. The van der Waals surface area contributed by atoms with Gasteiger partial charge in [-0.05, 0) is 12.1 Å². The molecule has 6 nitrogen and oxygen atoms in total. The van der Waals surface area contributed by atoms with Crippen molar-refractivity contribution in [1.29, 1.82) is 0 Å². The number of hydrogen-bond donors (Lipinski definition) is 2. The molecule has 0 spiro atoms. The van der Waals surface area contributed by atoms with Crippen LogP contribution in [-0.4, -0.2) is 11.9 Å². The van der Waals surface area contributed by atoms with Crippen LogP contribution >= 0.6 is 23.6 Å². The Morgan fingerprint density at radius 2 is 1.00 bits per heavy atom. The first-order valence-electron chi connectivity index (χ1n) is 5.85. The number of para-hydroxylation sites is 2. The molecular formula is C14H10Cl2N2Na2O4. The number of carbonyl (C=O) groups is 2. The van der Waals surface area contributed by atoms with E-state index >= 15 is 0 Å². The second kappa shape index (κ2) is 13.8. The smallest absolute Gasteiger partial charge is 0.545 e. The van der Waals surface area contributed by atoms with Crippen molar-refractivity contribution in [2.75, 3.05) is 9.67 Å². The first kappa shape index (κ1) is 25.8. The second-order valence-electron chi connectivity index (χ2n) is 3.86. The zero-order chi connectivity index (χ0) is 16.5. The molecule has 0 heterocycles. The van der Waals surface area contributed by atoms with Crippen molar-refractivity contribution < 1.29 is 78.9 Å². The molecule has 0 aliphatic heterocycles. The summed E-state index contributed by atoms with van der Waals surface area (Å²) in [6, 6.07) is 12.5. The average Bonchev–Trinajstić information content (AvgIpc) is 2.55. The average molecular weight is 387 g/mol. The van der Waals surface area contributed by atoms with Gasteiger partial charge < -0.3 is 19.8 Å². The molecule has 0 fully saturated rings. The molecule has 10 heteroatoms. The molecule has 0 amide bonds. The van der Waals surface area contributed by atoms with Gasteiger partial charge in [0.05, 0.1) is 23.3 Å². The molecule has 0 unspecified atom stereocenters. The number of aromatic carboxylic acids is 2. The number of carboxylic acid groups (broad SMARTS) is 2. The molecule has 0 atom stereocenters. The van der Waals surface area contributed by atoms with E-state index < -0.39 is 11.9 Å². The van der Waals surface area contributed by atoms with E-state index in [0.717, 1.165) is 0 Å². The largest absolute Gasteiger partial charge is 1.00 e. The third-order valence-electron chi connectivity index (χ3n) is 2.50. The minimum Gasteiger partial charge on any atom is -0.545 e. The van der Waals surface area contributed by atoms with Crippen molar-refractivity contribution in [2.45, 2.75) is 0 Å². The van der Waals surface area contributed by atoms with Crippen molar-refractivity contribution >= 4 is 46.9 Å². The predicted octanol–water partition coefficient (Wildman–Crippen LogP) is -4.76. The van der Waals surface area contributed by atoms with Crippen LogP contribution in [0, 0.1) is 0 Å². The van der Waals surface area contributed by atoms with Gasteiger partial charge in [-0.2, -0.15) is 0 Å². The fourth-order valence-electron chi connectivity index (χ4n) is 1.49. The summed E-state index contributed by atoms with van der Waals surface area (Å²) in [5, 5.41) is 20.7. The van der Waals surface area contributed by atoms with Crippen LogP contribution in [0.25, 0.3) is 0 Å². The number of halogens is 2. The van der Waals surface area contributed by atoms with Crippen molar-refractivity contribution in [3.8, 4) is 0 Å². The van der Waals surface area contributed by atoms with E-state index in [0.29, 0.717) is 11.4 Å². The summed E-state index contributed by atoms with van der Waals surface area (Å²) >= 11 is 10.5. The van der Waals surface area contributed by atoms with Crippen molar-refractivity contribution in [1.82, 2.24) is 0 Å². The number of rotatable bonds is 4. The molecule has 0 aliphatic rings. The SMILES string of the molecule is O=C([O-])c1ccccc1NCl.O=C([O-])c1ccccc1NCl.[Na+].[Na+]. The normalized spacial score (nSPS) is 8.42. The van der Waals surface area contributed by atoms with Gasteiger partial charge in [0.2, 0.25) is 0 Å². The summed E-state index contributed by atoms with van der Waals surface area (Å²) < 4.78 is 0. The summed E-state index contributed by atoms with van der Waals surface area (Å²) in [4.78, 5) is 25.2. The minimum atomic E-state index is -1.24. The van der Waals surface area contributed by atoms with E-state index in [1.165, 1.54) is 12.1 Å². The molecule has 2 rings (SSSR count). The van der Waals surface area contributed by atoms with Crippen LogP contribution in [0.4, 0.5) is 11.4 Å². The number of carboxylic acids is 2. The van der Waals surface area contributed by atoms with Gasteiger partial charge in [0.25, 0.3) is 0 Å². The Morgan fingerprint density at radius 1 is 0.708 bits per heavy atom. The first-order chi connectivity index (χ1) is 10.5. The Morgan fingerprint density at radius 3 is 1.21 bits per heavy atom. The van der Waals surface area contributed by atoms with Crippen LogP contribution in [0.1, 0.15) is 20.7 Å². The van der Waals surface area contributed by atoms with Crippen LogP contribution < -0.4 is 79.0 Å². The maximum atomic E-state index is 10.4. The minimum absolute atomic E-state index is 0. The quantitative estimate of drug-likeness (QED) is 0.404. The van der Waals surface area contributed by atoms with E-state index in [9.17, 15) is 19.8 Å². The summed E-state index contributed by atoms with van der Waals surface area (Å²) in [5.74, 6) is -2.48. The Bertz CT molecular complexity index is 617. The monoisotopic (exact) mass is 386 g/mol. The Hall–Kier alpha value is -0.440. The number of nitrogens with one attached hydrogen (secondary N) is 2. The number of benzene rings is 2. The maximum Gasteiger partial charge on any atom is 1.00 e. The Kier molecular flexibility index (Phi) is 14.8.